The molecule has 2 unspecified atom stereocenters. The molecular weight excluding hydrogens is 192 g/mol. The number of amides is 1. The van der Waals surface area contributed by atoms with Gasteiger partial charge in [-0.1, -0.05) is 0 Å². The van der Waals surface area contributed by atoms with Crippen molar-refractivity contribution in [1.29, 1.82) is 0 Å². The van der Waals surface area contributed by atoms with Gasteiger partial charge in [-0.2, -0.15) is 0 Å². The van der Waals surface area contributed by atoms with Crippen molar-refractivity contribution in [2.24, 2.45) is 5.92 Å². The second-order valence-electron chi connectivity index (χ2n) is 4.59. The van der Waals surface area contributed by atoms with Crippen molar-refractivity contribution in [3.05, 3.63) is 0 Å². The standard InChI is InChI=1S/C11H20N2O2/c1-15-5-4-11(14)13-7-9-2-3-10(8-13)12-6-9/h9-10,12H,2-8H2,1H3. The highest BCUT2D eigenvalue weighted by molar-refractivity contribution is 5.76. The van der Waals surface area contributed by atoms with Crippen LogP contribution in [-0.4, -0.2) is 50.2 Å². The topological polar surface area (TPSA) is 41.6 Å². The van der Waals surface area contributed by atoms with Crippen LogP contribution in [0.4, 0.5) is 0 Å². The van der Waals surface area contributed by atoms with Crippen molar-refractivity contribution < 1.29 is 9.53 Å². The number of nitrogens with one attached hydrogen (secondary N) is 1. The van der Waals surface area contributed by atoms with Crippen LogP contribution in [-0.2, 0) is 9.53 Å². The second kappa shape index (κ2) is 4.94. The van der Waals surface area contributed by atoms with Crippen molar-refractivity contribution in [1.82, 2.24) is 10.2 Å². The average Bonchev–Trinajstić information content (AvgIpc) is 2.58. The van der Waals surface area contributed by atoms with E-state index in [0.29, 0.717) is 25.0 Å². The Kier molecular flexibility index (Phi) is 3.59. The first-order valence-electron chi connectivity index (χ1n) is 5.79. The van der Waals surface area contributed by atoms with Gasteiger partial charge in [-0.05, 0) is 25.3 Å². The third-order valence-corrected chi connectivity index (χ3v) is 3.41. The van der Waals surface area contributed by atoms with Crippen molar-refractivity contribution >= 4 is 5.91 Å². The first-order chi connectivity index (χ1) is 7.29. The van der Waals surface area contributed by atoms with E-state index < -0.39 is 0 Å². The lowest BCUT2D eigenvalue weighted by molar-refractivity contribution is -0.132. The summed E-state index contributed by atoms with van der Waals surface area (Å²) in [7, 11) is 1.64. The van der Waals surface area contributed by atoms with Gasteiger partial charge in [-0.15, -0.1) is 0 Å². The summed E-state index contributed by atoms with van der Waals surface area (Å²) in [5, 5.41) is 3.50. The number of ether oxygens (including phenoxy) is 1. The van der Waals surface area contributed by atoms with Gasteiger partial charge in [-0.3, -0.25) is 4.79 Å². The third kappa shape index (κ3) is 2.69. The van der Waals surface area contributed by atoms with E-state index >= 15 is 0 Å². The Labute approximate surface area is 91.0 Å². The lowest BCUT2D eigenvalue weighted by atomic mass is 9.97. The molecule has 0 aromatic heterocycles. The van der Waals surface area contributed by atoms with E-state index in [1.807, 2.05) is 4.90 Å². The van der Waals surface area contributed by atoms with Crippen LogP contribution in [0, 0.1) is 5.92 Å². The molecule has 0 saturated carbocycles. The van der Waals surface area contributed by atoms with Crippen LogP contribution in [0.5, 0.6) is 0 Å². The van der Waals surface area contributed by atoms with Crippen molar-refractivity contribution in [2.75, 3.05) is 33.4 Å². The highest BCUT2D eigenvalue weighted by Crippen LogP contribution is 2.21. The fourth-order valence-corrected chi connectivity index (χ4v) is 2.49. The van der Waals surface area contributed by atoms with E-state index in [9.17, 15) is 4.79 Å². The predicted octanol–water partition coefficient (Wildman–Crippen LogP) is 0.233. The zero-order chi connectivity index (χ0) is 10.7. The minimum absolute atomic E-state index is 0.248. The number of rotatable bonds is 3. The fraction of sp³-hybridized carbons (Fsp3) is 0.909. The Morgan fingerprint density at radius 3 is 3.00 bits per heavy atom. The molecule has 4 nitrogen and oxygen atoms in total. The lowest BCUT2D eigenvalue weighted by Gasteiger charge is -2.23. The molecule has 1 N–H and O–H groups in total. The molecule has 0 spiro atoms. The van der Waals surface area contributed by atoms with Gasteiger partial charge in [-0.25, -0.2) is 0 Å². The van der Waals surface area contributed by atoms with E-state index in [2.05, 4.69) is 5.32 Å². The van der Waals surface area contributed by atoms with Crippen LogP contribution in [0.15, 0.2) is 0 Å². The van der Waals surface area contributed by atoms with Crippen molar-refractivity contribution in [3.8, 4) is 0 Å². The normalized spacial score (nSPS) is 30.3. The monoisotopic (exact) mass is 212 g/mol. The van der Waals surface area contributed by atoms with E-state index in [1.54, 1.807) is 7.11 Å². The van der Waals surface area contributed by atoms with Crippen LogP contribution < -0.4 is 5.32 Å². The first-order valence-corrected chi connectivity index (χ1v) is 5.79. The predicted molar refractivity (Wildman–Crippen MR) is 57.6 cm³/mol. The Morgan fingerprint density at radius 2 is 2.33 bits per heavy atom. The van der Waals surface area contributed by atoms with Crippen molar-refractivity contribution in [3.63, 3.8) is 0 Å². The maximum atomic E-state index is 11.8. The molecule has 3 aliphatic rings. The van der Waals surface area contributed by atoms with Gasteiger partial charge in [0.2, 0.25) is 5.91 Å². The number of methoxy groups -OCH3 is 1. The van der Waals surface area contributed by atoms with Gasteiger partial charge in [0, 0.05) is 26.2 Å². The summed E-state index contributed by atoms with van der Waals surface area (Å²) in [6.45, 7) is 3.45. The molecule has 0 aliphatic carbocycles. The average molecular weight is 212 g/mol. The highest BCUT2D eigenvalue weighted by Gasteiger charge is 2.30. The van der Waals surface area contributed by atoms with Gasteiger partial charge in [0.05, 0.1) is 13.0 Å². The molecule has 3 fully saturated rings. The third-order valence-electron chi connectivity index (χ3n) is 3.41. The molecule has 15 heavy (non-hydrogen) atoms. The molecular formula is C11H20N2O2. The zero-order valence-electron chi connectivity index (χ0n) is 9.37. The Hall–Kier alpha value is -0.610. The number of carbonyl (C=O) groups is 1. The molecule has 2 atom stereocenters. The van der Waals surface area contributed by atoms with Crippen LogP contribution >= 0.6 is 0 Å². The van der Waals surface area contributed by atoms with E-state index in [0.717, 1.165) is 19.6 Å². The number of hydrogen-bond donors (Lipinski definition) is 1. The van der Waals surface area contributed by atoms with Crippen LogP contribution in [0.25, 0.3) is 0 Å². The maximum absolute atomic E-state index is 11.8. The summed E-state index contributed by atoms with van der Waals surface area (Å²) in [4.78, 5) is 13.9. The molecule has 2 bridgehead atoms. The zero-order valence-corrected chi connectivity index (χ0v) is 9.37. The largest absolute Gasteiger partial charge is 0.384 e. The molecule has 3 saturated heterocycles. The van der Waals surface area contributed by atoms with Crippen molar-refractivity contribution in [2.45, 2.75) is 25.3 Å². The first kappa shape index (κ1) is 10.9. The molecule has 0 aromatic rings. The lowest BCUT2D eigenvalue weighted by Crippen LogP contribution is -2.40. The summed E-state index contributed by atoms with van der Waals surface area (Å²) in [5.74, 6) is 0.910. The SMILES string of the molecule is COCCC(=O)N1CC2CCC(C1)NC2. The summed E-state index contributed by atoms with van der Waals surface area (Å²) in [6.07, 6.45) is 3.01. The molecule has 3 aliphatic heterocycles. The number of nitrogens with zero attached hydrogens (tertiary/aromatic N) is 1. The minimum Gasteiger partial charge on any atom is -0.384 e. The summed E-state index contributed by atoms with van der Waals surface area (Å²) in [5.41, 5.74) is 0. The second-order valence-corrected chi connectivity index (χ2v) is 4.59. The van der Waals surface area contributed by atoms with Gasteiger partial charge in [0.25, 0.3) is 0 Å². The van der Waals surface area contributed by atoms with Gasteiger partial charge in [0.15, 0.2) is 0 Å². The smallest absolute Gasteiger partial charge is 0.224 e. The number of fused-ring (bicyclic) bond motifs is 4. The van der Waals surface area contributed by atoms with Gasteiger partial charge >= 0.3 is 0 Å². The quantitative estimate of drug-likeness (QED) is 0.728. The van der Waals surface area contributed by atoms with Crippen LogP contribution in [0.2, 0.25) is 0 Å². The van der Waals surface area contributed by atoms with Gasteiger partial charge < -0.3 is 15.0 Å². The molecule has 0 radical (unpaired) electrons. The van der Waals surface area contributed by atoms with E-state index in [4.69, 9.17) is 4.74 Å². The number of piperidine rings is 1. The Morgan fingerprint density at radius 1 is 1.47 bits per heavy atom. The fourth-order valence-electron chi connectivity index (χ4n) is 2.49. The molecule has 1 amide bonds. The Bertz CT molecular complexity index is 211. The summed E-state index contributed by atoms with van der Waals surface area (Å²) >= 11 is 0. The Balaban J connectivity index is 1.89. The minimum atomic E-state index is 0.248. The van der Waals surface area contributed by atoms with E-state index in [1.165, 1.54) is 12.8 Å². The van der Waals surface area contributed by atoms with Crippen LogP contribution in [0.1, 0.15) is 19.3 Å². The molecule has 4 heteroatoms. The van der Waals surface area contributed by atoms with E-state index in [-0.39, 0.29) is 5.91 Å². The molecule has 0 aromatic carbocycles. The summed E-state index contributed by atoms with van der Waals surface area (Å²) in [6, 6.07) is 0.523. The number of hydrogen-bond acceptors (Lipinski definition) is 3. The molecule has 86 valence electrons. The van der Waals surface area contributed by atoms with Gasteiger partial charge in [0.1, 0.15) is 0 Å². The molecule has 3 heterocycles. The number of carbonyl (C=O) groups excluding carboxylic acids is 1. The van der Waals surface area contributed by atoms with Crippen LogP contribution in [0.3, 0.4) is 0 Å². The summed E-state index contributed by atoms with van der Waals surface area (Å²) < 4.78 is 4.94. The molecule has 3 rings (SSSR count). The highest BCUT2D eigenvalue weighted by atomic mass is 16.5. The maximum Gasteiger partial charge on any atom is 0.224 e.